The molecule has 0 saturated heterocycles. The van der Waals surface area contributed by atoms with Gasteiger partial charge in [0.25, 0.3) is 0 Å². The molecule has 0 aliphatic heterocycles. The lowest BCUT2D eigenvalue weighted by Gasteiger charge is -2.30. The third kappa shape index (κ3) is 3.82. The molecule has 0 aliphatic rings. The maximum Gasteiger partial charge on any atom is 0.224 e. The Hall–Kier alpha value is -1.42. The Labute approximate surface area is 102 Å². The predicted octanol–water partition coefficient (Wildman–Crippen LogP) is 1.29. The molecular weight excluding hydrogens is 216 g/mol. The van der Waals surface area contributed by atoms with Gasteiger partial charge in [-0.2, -0.15) is 0 Å². The van der Waals surface area contributed by atoms with Gasteiger partial charge in [0.1, 0.15) is 0 Å². The van der Waals surface area contributed by atoms with E-state index in [1.807, 2.05) is 26.0 Å². The largest absolute Gasteiger partial charge is 0.394 e. The fourth-order valence-corrected chi connectivity index (χ4v) is 1.72. The summed E-state index contributed by atoms with van der Waals surface area (Å²) in [5.41, 5.74) is 0.392. The number of aliphatic hydroxyl groups is 1. The molecule has 0 bridgehead atoms. The van der Waals surface area contributed by atoms with E-state index in [9.17, 15) is 9.90 Å². The monoisotopic (exact) mass is 236 g/mol. The number of nitrogens with zero attached hydrogens (tertiary/aromatic N) is 1. The van der Waals surface area contributed by atoms with E-state index in [1.54, 1.807) is 12.4 Å². The Morgan fingerprint density at radius 3 is 2.65 bits per heavy atom. The molecule has 1 amide bonds. The van der Waals surface area contributed by atoms with Gasteiger partial charge in [0, 0.05) is 12.4 Å². The molecule has 0 spiro atoms. The van der Waals surface area contributed by atoms with E-state index in [2.05, 4.69) is 10.3 Å². The van der Waals surface area contributed by atoms with Crippen LogP contribution in [-0.2, 0) is 11.2 Å². The Balaban J connectivity index is 2.60. The van der Waals surface area contributed by atoms with Crippen molar-refractivity contribution in [1.82, 2.24) is 10.3 Å². The Morgan fingerprint density at radius 2 is 2.18 bits per heavy atom. The van der Waals surface area contributed by atoms with Crippen LogP contribution < -0.4 is 5.32 Å². The zero-order valence-electron chi connectivity index (χ0n) is 10.4. The van der Waals surface area contributed by atoms with E-state index < -0.39 is 5.54 Å². The first-order valence-electron chi connectivity index (χ1n) is 5.96. The molecule has 4 nitrogen and oxygen atoms in total. The summed E-state index contributed by atoms with van der Waals surface area (Å²) < 4.78 is 0. The molecule has 4 heteroatoms. The molecule has 1 rings (SSSR count). The van der Waals surface area contributed by atoms with Crippen LogP contribution in [0, 0.1) is 0 Å². The Bertz CT molecular complexity index is 339. The van der Waals surface area contributed by atoms with Gasteiger partial charge in [-0.3, -0.25) is 9.78 Å². The van der Waals surface area contributed by atoms with Crippen molar-refractivity contribution in [2.45, 2.75) is 38.6 Å². The van der Waals surface area contributed by atoms with Gasteiger partial charge >= 0.3 is 0 Å². The minimum absolute atomic E-state index is 0.0290. The number of rotatable bonds is 6. The van der Waals surface area contributed by atoms with Crippen LogP contribution in [0.5, 0.6) is 0 Å². The molecule has 17 heavy (non-hydrogen) atoms. The van der Waals surface area contributed by atoms with Crippen LogP contribution in [0.4, 0.5) is 0 Å². The van der Waals surface area contributed by atoms with E-state index in [0.717, 1.165) is 18.4 Å². The Kier molecular flexibility index (Phi) is 5.10. The van der Waals surface area contributed by atoms with Gasteiger partial charge in [0.05, 0.1) is 18.6 Å². The normalized spacial score (nSPS) is 11.2. The zero-order valence-corrected chi connectivity index (χ0v) is 10.4. The van der Waals surface area contributed by atoms with Crippen LogP contribution in [0.3, 0.4) is 0 Å². The number of hydrogen-bond donors (Lipinski definition) is 2. The highest BCUT2D eigenvalue weighted by Crippen LogP contribution is 2.14. The first kappa shape index (κ1) is 13.6. The van der Waals surface area contributed by atoms with E-state index >= 15 is 0 Å². The maximum absolute atomic E-state index is 11.9. The van der Waals surface area contributed by atoms with Gasteiger partial charge in [-0.15, -0.1) is 0 Å². The Morgan fingerprint density at radius 1 is 1.47 bits per heavy atom. The second-order valence-electron chi connectivity index (χ2n) is 4.23. The lowest BCUT2D eigenvalue weighted by atomic mass is 9.93. The summed E-state index contributed by atoms with van der Waals surface area (Å²) in [4.78, 5) is 15.8. The summed E-state index contributed by atoms with van der Waals surface area (Å²) in [5.74, 6) is -0.0734. The predicted molar refractivity (Wildman–Crippen MR) is 66.5 cm³/mol. The van der Waals surface area contributed by atoms with Gasteiger partial charge in [-0.25, -0.2) is 0 Å². The molecule has 0 saturated carbocycles. The third-order valence-electron chi connectivity index (χ3n) is 3.15. The second kappa shape index (κ2) is 6.35. The van der Waals surface area contributed by atoms with Crippen molar-refractivity contribution in [3.8, 4) is 0 Å². The van der Waals surface area contributed by atoms with Gasteiger partial charge in [0.15, 0.2) is 0 Å². The van der Waals surface area contributed by atoms with Crippen LogP contribution in [0.25, 0.3) is 0 Å². The zero-order chi connectivity index (χ0) is 12.7. The van der Waals surface area contributed by atoms with Crippen molar-refractivity contribution in [3.63, 3.8) is 0 Å². The van der Waals surface area contributed by atoms with Gasteiger partial charge in [-0.05, 0) is 24.5 Å². The fraction of sp³-hybridized carbons (Fsp3) is 0.538. The third-order valence-corrected chi connectivity index (χ3v) is 3.15. The highest BCUT2D eigenvalue weighted by atomic mass is 16.3. The van der Waals surface area contributed by atoms with Crippen LogP contribution in [0.1, 0.15) is 32.3 Å². The number of nitrogens with one attached hydrogen (secondary N) is 1. The quantitative estimate of drug-likeness (QED) is 0.782. The first-order valence-corrected chi connectivity index (χ1v) is 5.96. The summed E-state index contributed by atoms with van der Waals surface area (Å²) in [7, 11) is 0. The van der Waals surface area contributed by atoms with Crippen LogP contribution in [-0.4, -0.2) is 28.1 Å². The van der Waals surface area contributed by atoms with Crippen molar-refractivity contribution in [1.29, 1.82) is 0 Å². The standard InChI is InChI=1S/C13H20N2O2/c1-3-13(4-2,10-16)15-12(17)8-11-6-5-7-14-9-11/h5-7,9,16H,3-4,8,10H2,1-2H3,(H,15,17). The summed E-state index contributed by atoms with van der Waals surface area (Å²) >= 11 is 0. The minimum Gasteiger partial charge on any atom is -0.394 e. The number of carbonyl (C=O) groups is 1. The number of carbonyl (C=O) groups excluding carboxylic acids is 1. The number of aliphatic hydroxyl groups excluding tert-OH is 1. The molecule has 2 N–H and O–H groups in total. The average Bonchev–Trinajstić information content (AvgIpc) is 2.37. The summed E-state index contributed by atoms with van der Waals surface area (Å²) in [6, 6.07) is 3.67. The number of aromatic nitrogens is 1. The highest BCUT2D eigenvalue weighted by Gasteiger charge is 2.26. The molecule has 0 unspecified atom stereocenters. The summed E-state index contributed by atoms with van der Waals surface area (Å²) in [5, 5.41) is 12.3. The van der Waals surface area contributed by atoms with E-state index in [1.165, 1.54) is 0 Å². The maximum atomic E-state index is 11.9. The van der Waals surface area contributed by atoms with Gasteiger partial charge < -0.3 is 10.4 Å². The minimum atomic E-state index is -0.487. The van der Waals surface area contributed by atoms with Crippen molar-refractivity contribution in [2.75, 3.05) is 6.61 Å². The topological polar surface area (TPSA) is 62.2 Å². The number of pyridine rings is 1. The molecule has 0 aliphatic carbocycles. The molecule has 0 radical (unpaired) electrons. The molecular formula is C13H20N2O2. The van der Waals surface area contributed by atoms with Gasteiger partial charge in [0.2, 0.25) is 5.91 Å². The molecule has 0 atom stereocenters. The highest BCUT2D eigenvalue weighted by molar-refractivity contribution is 5.79. The van der Waals surface area contributed by atoms with E-state index in [0.29, 0.717) is 6.42 Å². The van der Waals surface area contributed by atoms with Crippen LogP contribution >= 0.6 is 0 Å². The SMILES string of the molecule is CCC(CC)(CO)NC(=O)Cc1cccnc1. The molecule has 0 fully saturated rings. The molecule has 1 aromatic rings. The van der Waals surface area contributed by atoms with Crippen molar-refractivity contribution >= 4 is 5.91 Å². The van der Waals surface area contributed by atoms with Crippen molar-refractivity contribution in [3.05, 3.63) is 30.1 Å². The fourth-order valence-electron chi connectivity index (χ4n) is 1.72. The smallest absolute Gasteiger partial charge is 0.224 e. The average molecular weight is 236 g/mol. The van der Waals surface area contributed by atoms with Crippen LogP contribution in [0.15, 0.2) is 24.5 Å². The van der Waals surface area contributed by atoms with E-state index in [-0.39, 0.29) is 12.5 Å². The summed E-state index contributed by atoms with van der Waals surface area (Å²) in [6.45, 7) is 3.90. The molecule has 1 heterocycles. The number of hydrogen-bond acceptors (Lipinski definition) is 3. The first-order chi connectivity index (χ1) is 8.15. The lowest BCUT2D eigenvalue weighted by Crippen LogP contribution is -2.51. The lowest BCUT2D eigenvalue weighted by molar-refractivity contribution is -0.123. The van der Waals surface area contributed by atoms with Gasteiger partial charge in [-0.1, -0.05) is 19.9 Å². The number of amides is 1. The molecule has 94 valence electrons. The van der Waals surface area contributed by atoms with Crippen molar-refractivity contribution in [2.24, 2.45) is 0 Å². The van der Waals surface area contributed by atoms with E-state index in [4.69, 9.17) is 0 Å². The summed E-state index contributed by atoms with van der Waals surface area (Å²) in [6.07, 6.45) is 5.10. The second-order valence-corrected chi connectivity index (χ2v) is 4.23. The van der Waals surface area contributed by atoms with Crippen molar-refractivity contribution < 1.29 is 9.90 Å². The van der Waals surface area contributed by atoms with Crippen LogP contribution in [0.2, 0.25) is 0 Å². The molecule has 1 aromatic heterocycles. The molecule has 0 aromatic carbocycles.